The molecule has 3 heterocycles. The molecule has 1 aromatic heterocycles. The van der Waals surface area contributed by atoms with E-state index in [-0.39, 0.29) is 17.9 Å². The van der Waals surface area contributed by atoms with E-state index in [4.69, 9.17) is 0 Å². The Morgan fingerprint density at radius 3 is 2.55 bits per heavy atom. The van der Waals surface area contributed by atoms with Crippen LogP contribution in [0.3, 0.4) is 0 Å². The number of aliphatic hydroxyl groups is 1. The zero-order valence-electron chi connectivity index (χ0n) is 17.5. The van der Waals surface area contributed by atoms with Crippen molar-refractivity contribution in [2.45, 2.75) is 58.2 Å². The maximum absolute atomic E-state index is 12.8. The van der Waals surface area contributed by atoms with Crippen LogP contribution in [0.15, 0.2) is 24.3 Å². The van der Waals surface area contributed by atoms with Gasteiger partial charge in [-0.25, -0.2) is 0 Å². The van der Waals surface area contributed by atoms with Crippen LogP contribution >= 0.6 is 0 Å². The van der Waals surface area contributed by atoms with Crippen molar-refractivity contribution < 1.29 is 23.1 Å². The van der Waals surface area contributed by atoms with Gasteiger partial charge in [0.15, 0.2) is 5.82 Å². The van der Waals surface area contributed by atoms with Crippen molar-refractivity contribution in [1.29, 1.82) is 0 Å². The minimum atomic E-state index is -4.34. The lowest BCUT2D eigenvalue weighted by Crippen LogP contribution is -2.38. The highest BCUT2D eigenvalue weighted by Crippen LogP contribution is 2.34. The molecule has 168 valence electrons. The molecule has 2 atom stereocenters. The molecule has 1 fully saturated rings. The second kappa shape index (κ2) is 8.23. The molecule has 1 saturated heterocycles. The lowest BCUT2D eigenvalue weighted by Gasteiger charge is -2.30. The van der Waals surface area contributed by atoms with Crippen LogP contribution in [0.25, 0.3) is 0 Å². The Morgan fingerprint density at radius 2 is 1.90 bits per heavy atom. The summed E-state index contributed by atoms with van der Waals surface area (Å²) in [7, 11) is 0. The highest BCUT2D eigenvalue weighted by atomic mass is 19.4. The molecule has 0 bridgehead atoms. The van der Waals surface area contributed by atoms with Gasteiger partial charge in [-0.3, -0.25) is 9.69 Å². The Morgan fingerprint density at radius 1 is 1.19 bits per heavy atom. The van der Waals surface area contributed by atoms with Crippen LogP contribution in [-0.4, -0.2) is 54.8 Å². The van der Waals surface area contributed by atoms with Crippen LogP contribution in [0.1, 0.15) is 49.1 Å². The fraction of sp³-hybridized carbons (Fsp3) is 0.571. The van der Waals surface area contributed by atoms with E-state index >= 15 is 0 Å². The first-order valence-electron chi connectivity index (χ1n) is 10.4. The number of hydrogen-bond donors (Lipinski definition) is 1. The van der Waals surface area contributed by atoms with Crippen molar-refractivity contribution in [3.8, 4) is 0 Å². The zero-order chi connectivity index (χ0) is 22.3. The number of aliphatic hydroxyl groups excluding tert-OH is 1. The van der Waals surface area contributed by atoms with Gasteiger partial charge in [-0.15, -0.1) is 10.2 Å². The highest BCUT2D eigenvalue weighted by molar-refractivity contribution is 5.78. The van der Waals surface area contributed by atoms with E-state index in [0.29, 0.717) is 45.0 Å². The van der Waals surface area contributed by atoms with Crippen molar-refractivity contribution in [2.24, 2.45) is 5.92 Å². The minimum Gasteiger partial charge on any atom is -0.391 e. The first kappa shape index (κ1) is 21.8. The normalized spacial score (nSPS) is 22.2. The molecule has 7 nitrogen and oxygen atoms in total. The number of aromatic nitrogens is 3. The van der Waals surface area contributed by atoms with E-state index < -0.39 is 17.8 Å². The summed E-state index contributed by atoms with van der Waals surface area (Å²) < 4.78 is 40.3. The molecule has 10 heteroatoms. The number of carbonyl (C=O) groups excluding carboxylic acids is 1. The highest BCUT2D eigenvalue weighted by Gasteiger charge is 2.40. The van der Waals surface area contributed by atoms with Crippen molar-refractivity contribution >= 4 is 5.91 Å². The molecular formula is C21H26F3N5O2. The first-order valence-corrected chi connectivity index (χ1v) is 10.4. The van der Waals surface area contributed by atoms with E-state index in [1.807, 2.05) is 18.4 Å². The van der Waals surface area contributed by atoms with Gasteiger partial charge < -0.3 is 14.6 Å². The summed E-state index contributed by atoms with van der Waals surface area (Å²) in [4.78, 5) is 16.4. The maximum Gasteiger partial charge on any atom is 0.416 e. The molecule has 2 aromatic rings. The second-order valence-electron chi connectivity index (χ2n) is 8.58. The standard InChI is InChI=1S/C21H26F3N5O2/c1-13(2)20(31)29-11-16(30)9-17(29)19-26-25-18-12-27(7-8-28(18)19)10-14-3-5-15(6-4-14)21(22,23)24/h3-6,13,16-17,30H,7-12H2,1-2H3/t16-,17+/m1/s1. The van der Waals surface area contributed by atoms with Gasteiger partial charge in [0, 0.05) is 38.5 Å². The molecule has 1 N–H and O–H groups in total. The fourth-order valence-electron chi connectivity index (χ4n) is 4.30. The van der Waals surface area contributed by atoms with Crippen LogP contribution in [0.5, 0.6) is 0 Å². The fourth-order valence-corrected chi connectivity index (χ4v) is 4.30. The summed E-state index contributed by atoms with van der Waals surface area (Å²) >= 11 is 0. The number of β-amino-alcohol motifs (C(OH)–C–C–N with tert-alkyl or cyclic N) is 1. The number of halogens is 3. The summed E-state index contributed by atoms with van der Waals surface area (Å²) in [6.45, 7) is 6.30. The number of nitrogens with zero attached hydrogens (tertiary/aromatic N) is 5. The Bertz CT molecular complexity index is 941. The maximum atomic E-state index is 12.8. The number of alkyl halides is 3. The minimum absolute atomic E-state index is 0.0151. The number of fused-ring (bicyclic) bond motifs is 1. The average molecular weight is 437 g/mol. The van der Waals surface area contributed by atoms with Crippen molar-refractivity contribution in [3.63, 3.8) is 0 Å². The van der Waals surface area contributed by atoms with Gasteiger partial charge in [0.1, 0.15) is 5.82 Å². The summed E-state index contributed by atoms with van der Waals surface area (Å²) in [5.41, 5.74) is 0.146. The predicted octanol–water partition coefficient (Wildman–Crippen LogP) is 2.60. The number of benzene rings is 1. The Kier molecular flexibility index (Phi) is 5.78. The SMILES string of the molecule is CC(C)C(=O)N1C[C@H](O)C[C@H]1c1nnc2n1CCN(Cc1ccc(C(F)(F)F)cc1)C2. The average Bonchev–Trinajstić information content (AvgIpc) is 3.29. The molecule has 0 unspecified atom stereocenters. The molecule has 0 aliphatic carbocycles. The van der Waals surface area contributed by atoms with E-state index in [9.17, 15) is 23.1 Å². The van der Waals surface area contributed by atoms with Gasteiger partial charge in [-0.1, -0.05) is 26.0 Å². The van der Waals surface area contributed by atoms with Gasteiger partial charge in [0.2, 0.25) is 5.91 Å². The largest absolute Gasteiger partial charge is 0.416 e. The van der Waals surface area contributed by atoms with Gasteiger partial charge in [0.05, 0.1) is 24.3 Å². The molecular weight excluding hydrogens is 411 g/mol. The predicted molar refractivity (Wildman–Crippen MR) is 105 cm³/mol. The zero-order valence-corrected chi connectivity index (χ0v) is 17.5. The van der Waals surface area contributed by atoms with E-state index in [1.165, 1.54) is 12.1 Å². The van der Waals surface area contributed by atoms with Crippen LogP contribution < -0.4 is 0 Å². The third-order valence-electron chi connectivity index (χ3n) is 5.90. The summed E-state index contributed by atoms with van der Waals surface area (Å²) in [6.07, 6.45) is -4.48. The van der Waals surface area contributed by atoms with Crippen molar-refractivity contribution in [1.82, 2.24) is 24.6 Å². The van der Waals surface area contributed by atoms with Gasteiger partial charge >= 0.3 is 6.18 Å². The number of likely N-dealkylation sites (tertiary alicyclic amines) is 1. The third-order valence-corrected chi connectivity index (χ3v) is 5.90. The first-order chi connectivity index (χ1) is 14.6. The summed E-state index contributed by atoms with van der Waals surface area (Å²) in [6, 6.07) is 4.91. The van der Waals surface area contributed by atoms with Crippen LogP contribution in [0.2, 0.25) is 0 Å². The molecule has 2 aliphatic heterocycles. The number of amides is 1. The Balaban J connectivity index is 1.46. The third kappa shape index (κ3) is 4.45. The molecule has 1 aromatic carbocycles. The van der Waals surface area contributed by atoms with E-state index in [2.05, 4.69) is 15.1 Å². The molecule has 1 amide bonds. The smallest absolute Gasteiger partial charge is 0.391 e. The van der Waals surface area contributed by atoms with Crippen LogP contribution in [0.4, 0.5) is 13.2 Å². The summed E-state index contributed by atoms with van der Waals surface area (Å²) in [5.74, 6) is 1.26. The van der Waals surface area contributed by atoms with E-state index in [1.54, 1.807) is 4.90 Å². The molecule has 0 radical (unpaired) electrons. The number of rotatable bonds is 4. The summed E-state index contributed by atoms with van der Waals surface area (Å²) in [5, 5.41) is 18.8. The van der Waals surface area contributed by atoms with Crippen molar-refractivity contribution in [2.75, 3.05) is 13.1 Å². The van der Waals surface area contributed by atoms with E-state index in [0.717, 1.165) is 23.5 Å². The van der Waals surface area contributed by atoms with Gasteiger partial charge in [-0.2, -0.15) is 13.2 Å². The lowest BCUT2D eigenvalue weighted by molar-refractivity contribution is -0.137. The second-order valence-corrected chi connectivity index (χ2v) is 8.58. The van der Waals surface area contributed by atoms with Gasteiger partial charge in [-0.05, 0) is 17.7 Å². The number of hydrogen-bond acceptors (Lipinski definition) is 5. The lowest BCUT2D eigenvalue weighted by atomic mass is 10.1. The van der Waals surface area contributed by atoms with Crippen molar-refractivity contribution in [3.05, 3.63) is 47.0 Å². The van der Waals surface area contributed by atoms with Crippen LogP contribution in [-0.2, 0) is 30.6 Å². The molecule has 0 saturated carbocycles. The molecule has 4 rings (SSSR count). The van der Waals surface area contributed by atoms with Gasteiger partial charge in [0.25, 0.3) is 0 Å². The Labute approximate surface area is 178 Å². The topological polar surface area (TPSA) is 74.5 Å². The number of carbonyl (C=O) groups is 1. The monoisotopic (exact) mass is 437 g/mol. The molecule has 2 aliphatic rings. The Hall–Kier alpha value is -2.46. The van der Waals surface area contributed by atoms with Crippen LogP contribution in [0, 0.1) is 5.92 Å². The molecule has 0 spiro atoms. The quantitative estimate of drug-likeness (QED) is 0.796. The molecule has 31 heavy (non-hydrogen) atoms.